The second-order valence-electron chi connectivity index (χ2n) is 7.66. The molecule has 2 aromatic carbocycles. The molecule has 0 spiro atoms. The normalized spacial score (nSPS) is 16.0. The summed E-state index contributed by atoms with van der Waals surface area (Å²) in [5.41, 5.74) is 2.74. The Morgan fingerprint density at radius 3 is 2.35 bits per heavy atom. The van der Waals surface area contributed by atoms with Crippen molar-refractivity contribution in [2.75, 3.05) is 26.2 Å². The molecule has 1 aromatic heterocycles. The minimum Gasteiger partial charge on any atom is -0.296 e. The van der Waals surface area contributed by atoms with E-state index in [9.17, 15) is 12.8 Å². The van der Waals surface area contributed by atoms with Gasteiger partial charge in [-0.2, -0.15) is 9.40 Å². The molecule has 1 saturated heterocycles. The highest BCUT2D eigenvalue weighted by atomic mass is 35.5. The number of sulfonamides is 1. The number of para-hydroxylation sites is 1. The first-order chi connectivity index (χ1) is 14.8. The summed E-state index contributed by atoms with van der Waals surface area (Å²) < 4.78 is 43.3. The van der Waals surface area contributed by atoms with Crippen LogP contribution < -0.4 is 0 Å². The van der Waals surface area contributed by atoms with E-state index in [2.05, 4.69) is 10.00 Å². The lowest BCUT2D eigenvalue weighted by molar-refractivity contribution is 0.181. The second-order valence-corrected chi connectivity index (χ2v) is 9.95. The van der Waals surface area contributed by atoms with E-state index in [-0.39, 0.29) is 10.7 Å². The molecule has 0 bridgehead atoms. The van der Waals surface area contributed by atoms with Crippen molar-refractivity contribution in [1.29, 1.82) is 0 Å². The summed E-state index contributed by atoms with van der Waals surface area (Å²) in [6, 6.07) is 13.9. The fourth-order valence-corrected chi connectivity index (χ4v) is 5.97. The molecule has 0 atom stereocenters. The molecule has 1 aliphatic rings. The van der Waals surface area contributed by atoms with Gasteiger partial charge in [0, 0.05) is 37.7 Å². The van der Waals surface area contributed by atoms with Crippen LogP contribution in [0.5, 0.6) is 0 Å². The van der Waals surface area contributed by atoms with Gasteiger partial charge in [0.25, 0.3) is 0 Å². The number of hydrogen-bond donors (Lipinski definition) is 0. The number of nitrogens with zero attached hydrogens (tertiary/aromatic N) is 4. The van der Waals surface area contributed by atoms with E-state index < -0.39 is 10.0 Å². The van der Waals surface area contributed by atoms with Crippen LogP contribution in [0.3, 0.4) is 0 Å². The largest absolute Gasteiger partial charge is 0.296 e. The predicted octanol–water partition coefficient (Wildman–Crippen LogP) is 3.79. The van der Waals surface area contributed by atoms with Gasteiger partial charge in [0.15, 0.2) is 0 Å². The van der Waals surface area contributed by atoms with E-state index in [1.165, 1.54) is 16.4 Å². The molecule has 4 rings (SSSR count). The van der Waals surface area contributed by atoms with Crippen molar-refractivity contribution in [3.63, 3.8) is 0 Å². The van der Waals surface area contributed by atoms with Crippen LogP contribution in [-0.2, 0) is 16.6 Å². The summed E-state index contributed by atoms with van der Waals surface area (Å²) in [6.45, 7) is 5.94. The first kappa shape index (κ1) is 22.0. The number of aromatic nitrogens is 2. The van der Waals surface area contributed by atoms with Crippen molar-refractivity contribution in [2.24, 2.45) is 0 Å². The first-order valence-corrected chi connectivity index (χ1v) is 11.9. The number of halogens is 2. The molecule has 31 heavy (non-hydrogen) atoms. The highest BCUT2D eigenvalue weighted by molar-refractivity contribution is 7.89. The smallest absolute Gasteiger partial charge is 0.246 e. The third-order valence-corrected chi connectivity index (χ3v) is 8.07. The average Bonchev–Trinajstić information content (AvgIpc) is 3.06. The molecule has 0 saturated carbocycles. The summed E-state index contributed by atoms with van der Waals surface area (Å²) in [5, 5.41) is 4.87. The molecular formula is C22H24ClFN4O2S. The van der Waals surface area contributed by atoms with Crippen LogP contribution in [0.15, 0.2) is 53.4 Å². The van der Waals surface area contributed by atoms with Crippen LogP contribution >= 0.6 is 11.6 Å². The van der Waals surface area contributed by atoms with Crippen molar-refractivity contribution < 1.29 is 12.8 Å². The maximum atomic E-state index is 13.4. The Morgan fingerprint density at radius 2 is 1.71 bits per heavy atom. The Morgan fingerprint density at radius 1 is 1.03 bits per heavy atom. The van der Waals surface area contributed by atoms with Crippen LogP contribution in [0, 0.1) is 19.7 Å². The Balaban J connectivity index is 1.50. The number of hydrogen-bond acceptors (Lipinski definition) is 4. The third kappa shape index (κ3) is 4.39. The van der Waals surface area contributed by atoms with Gasteiger partial charge in [0.05, 0.1) is 17.1 Å². The van der Waals surface area contributed by atoms with Crippen LogP contribution in [0.25, 0.3) is 5.69 Å². The van der Waals surface area contributed by atoms with Gasteiger partial charge in [-0.05, 0) is 43.7 Å². The molecule has 2 heterocycles. The standard InChI is InChI=1S/C22H24ClFN4O2S/c1-16-22(17(2)28(25-16)20-6-4-3-5-7-20)31(29,30)27-12-10-26(11-13-27)15-18-8-9-19(24)14-21(18)23/h3-9,14H,10-13,15H2,1-2H3. The Kier molecular flexibility index (Phi) is 6.16. The third-order valence-electron chi connectivity index (χ3n) is 5.56. The molecule has 0 N–H and O–H groups in total. The monoisotopic (exact) mass is 462 g/mol. The fourth-order valence-electron chi connectivity index (χ4n) is 3.97. The zero-order valence-electron chi connectivity index (χ0n) is 17.4. The minimum absolute atomic E-state index is 0.270. The predicted molar refractivity (Wildman–Crippen MR) is 118 cm³/mol. The van der Waals surface area contributed by atoms with Gasteiger partial charge in [-0.3, -0.25) is 4.90 Å². The van der Waals surface area contributed by atoms with Crippen molar-refractivity contribution in [3.8, 4) is 5.69 Å². The zero-order chi connectivity index (χ0) is 22.2. The topological polar surface area (TPSA) is 58.4 Å². The van der Waals surface area contributed by atoms with Crippen LogP contribution in [0.4, 0.5) is 4.39 Å². The highest BCUT2D eigenvalue weighted by Gasteiger charge is 2.33. The zero-order valence-corrected chi connectivity index (χ0v) is 19.0. The van der Waals surface area contributed by atoms with E-state index in [1.54, 1.807) is 24.6 Å². The summed E-state index contributed by atoms with van der Waals surface area (Å²) in [4.78, 5) is 2.39. The highest BCUT2D eigenvalue weighted by Crippen LogP contribution is 2.27. The van der Waals surface area contributed by atoms with Crippen molar-refractivity contribution in [2.45, 2.75) is 25.3 Å². The molecule has 3 aromatic rings. The lowest BCUT2D eigenvalue weighted by Crippen LogP contribution is -2.48. The Hall–Kier alpha value is -2.26. The maximum Gasteiger partial charge on any atom is 0.246 e. The molecule has 0 aliphatic carbocycles. The minimum atomic E-state index is -3.67. The number of rotatable bonds is 5. The summed E-state index contributed by atoms with van der Waals surface area (Å²) in [6.07, 6.45) is 0. The maximum absolute atomic E-state index is 13.4. The summed E-state index contributed by atoms with van der Waals surface area (Å²) in [5.74, 6) is -0.369. The van der Waals surface area contributed by atoms with E-state index >= 15 is 0 Å². The van der Waals surface area contributed by atoms with E-state index in [0.717, 1.165) is 11.3 Å². The van der Waals surface area contributed by atoms with Crippen LogP contribution in [0.1, 0.15) is 17.0 Å². The lowest BCUT2D eigenvalue weighted by Gasteiger charge is -2.34. The number of aryl methyl sites for hydroxylation is 1. The Labute approximate surface area is 186 Å². The second kappa shape index (κ2) is 8.70. The molecule has 1 fully saturated rings. The van der Waals surface area contributed by atoms with Gasteiger partial charge in [0.2, 0.25) is 10.0 Å². The van der Waals surface area contributed by atoms with E-state index in [1.807, 2.05) is 30.3 Å². The van der Waals surface area contributed by atoms with Crippen LogP contribution in [0.2, 0.25) is 5.02 Å². The van der Waals surface area contributed by atoms with Crippen molar-refractivity contribution in [1.82, 2.24) is 19.0 Å². The van der Waals surface area contributed by atoms with E-state index in [0.29, 0.717) is 49.1 Å². The van der Waals surface area contributed by atoms with Gasteiger partial charge in [-0.25, -0.2) is 17.5 Å². The quantitative estimate of drug-likeness (QED) is 0.579. The SMILES string of the molecule is Cc1nn(-c2ccccc2)c(C)c1S(=O)(=O)N1CCN(Cc2ccc(F)cc2Cl)CC1. The molecule has 9 heteroatoms. The van der Waals surface area contributed by atoms with Gasteiger partial charge in [0.1, 0.15) is 10.7 Å². The van der Waals surface area contributed by atoms with Gasteiger partial charge >= 0.3 is 0 Å². The first-order valence-electron chi connectivity index (χ1n) is 10.1. The molecule has 6 nitrogen and oxygen atoms in total. The summed E-state index contributed by atoms with van der Waals surface area (Å²) in [7, 11) is -3.67. The fraction of sp³-hybridized carbons (Fsp3) is 0.318. The van der Waals surface area contributed by atoms with Crippen molar-refractivity contribution >= 4 is 21.6 Å². The summed E-state index contributed by atoms with van der Waals surface area (Å²) >= 11 is 6.14. The van der Waals surface area contributed by atoms with Crippen molar-refractivity contribution in [3.05, 3.63) is 76.3 Å². The molecule has 0 unspecified atom stereocenters. The molecule has 164 valence electrons. The average molecular weight is 463 g/mol. The van der Waals surface area contributed by atoms with Crippen LogP contribution in [-0.4, -0.2) is 53.6 Å². The molecule has 0 amide bonds. The van der Waals surface area contributed by atoms with Gasteiger partial charge in [-0.15, -0.1) is 0 Å². The molecule has 1 aliphatic heterocycles. The number of piperazine rings is 1. The lowest BCUT2D eigenvalue weighted by atomic mass is 10.2. The van der Waals surface area contributed by atoms with Gasteiger partial charge < -0.3 is 0 Å². The Bertz CT molecular complexity index is 1190. The van der Waals surface area contributed by atoms with E-state index in [4.69, 9.17) is 11.6 Å². The molecular weight excluding hydrogens is 439 g/mol. The molecule has 0 radical (unpaired) electrons. The number of benzene rings is 2. The van der Waals surface area contributed by atoms with Gasteiger partial charge in [-0.1, -0.05) is 35.9 Å².